The van der Waals surface area contributed by atoms with Crippen molar-refractivity contribution in [2.45, 2.75) is 25.8 Å². The number of rotatable bonds is 5. The summed E-state index contributed by atoms with van der Waals surface area (Å²) in [6.45, 7) is 0.160. The highest BCUT2D eigenvalue weighted by molar-refractivity contribution is 7.15. The molecule has 3 rings (SSSR count). The van der Waals surface area contributed by atoms with Crippen molar-refractivity contribution in [1.82, 2.24) is 15.1 Å². The molecule has 0 bridgehead atoms. The number of nitrogens with zero attached hydrogens (tertiary/aromatic N) is 3. The average Bonchev–Trinajstić information content (AvgIpc) is 3.17. The molecule has 1 N–H and O–H groups in total. The van der Waals surface area contributed by atoms with Crippen LogP contribution in [-0.2, 0) is 16.1 Å². The highest BCUT2D eigenvalue weighted by atomic mass is 32.1. The van der Waals surface area contributed by atoms with Crippen LogP contribution in [0, 0.1) is 0 Å². The molecule has 1 aliphatic rings. The quantitative estimate of drug-likeness (QED) is 0.820. The fourth-order valence-corrected chi connectivity index (χ4v) is 2.88. The molecule has 0 aliphatic carbocycles. The molecule has 1 fully saturated rings. The molecule has 1 aliphatic heterocycles. The number of carbonyl (C=O) groups excluding carboxylic acids is 3. The van der Waals surface area contributed by atoms with E-state index in [1.165, 1.54) is 17.0 Å². The smallest absolute Gasteiger partial charge is 0.291 e. The normalized spacial score (nSPS) is 14.4. The zero-order chi connectivity index (χ0) is 18.0. The van der Waals surface area contributed by atoms with E-state index in [4.69, 9.17) is 0 Å². The molecule has 1 saturated heterocycles. The summed E-state index contributed by atoms with van der Waals surface area (Å²) in [5.41, 5.74) is 0.993. The summed E-state index contributed by atoms with van der Waals surface area (Å²) in [7, 11) is 0. The van der Waals surface area contributed by atoms with Gasteiger partial charge in [0.1, 0.15) is 0 Å². The first-order valence-electron chi connectivity index (χ1n) is 7.29. The molecule has 2 heterocycles. The van der Waals surface area contributed by atoms with Gasteiger partial charge in [-0.3, -0.25) is 24.6 Å². The van der Waals surface area contributed by atoms with Gasteiger partial charge < -0.3 is 0 Å². The lowest BCUT2D eigenvalue weighted by atomic mass is 10.1. The summed E-state index contributed by atoms with van der Waals surface area (Å²) in [5, 5.41) is 8.67. The van der Waals surface area contributed by atoms with E-state index in [9.17, 15) is 23.2 Å². The highest BCUT2D eigenvalue weighted by Crippen LogP contribution is 2.25. The summed E-state index contributed by atoms with van der Waals surface area (Å²) in [4.78, 5) is 36.4. The number of imide groups is 1. The van der Waals surface area contributed by atoms with Crippen LogP contribution in [0.3, 0.4) is 0 Å². The second-order valence-electron chi connectivity index (χ2n) is 5.27. The predicted molar refractivity (Wildman–Crippen MR) is 84.1 cm³/mol. The second kappa shape index (κ2) is 7.01. The summed E-state index contributed by atoms with van der Waals surface area (Å²) in [6.07, 6.45) is -2.29. The van der Waals surface area contributed by atoms with E-state index in [0.717, 1.165) is 0 Å². The van der Waals surface area contributed by atoms with Gasteiger partial charge in [-0.2, -0.15) is 0 Å². The first-order chi connectivity index (χ1) is 11.9. The molecule has 2 aromatic rings. The first-order valence-corrected chi connectivity index (χ1v) is 8.10. The minimum atomic E-state index is -2.74. The monoisotopic (exact) mass is 366 g/mol. The van der Waals surface area contributed by atoms with Gasteiger partial charge in [-0.1, -0.05) is 23.5 Å². The maximum Gasteiger partial charge on any atom is 0.291 e. The lowest BCUT2D eigenvalue weighted by Crippen LogP contribution is -2.28. The van der Waals surface area contributed by atoms with Crippen molar-refractivity contribution in [3.05, 3.63) is 40.4 Å². The maximum atomic E-state index is 12.5. The van der Waals surface area contributed by atoms with Gasteiger partial charge in [0.05, 0.1) is 6.54 Å². The number of aromatic nitrogens is 2. The fraction of sp³-hybridized carbons (Fsp3) is 0.267. The Balaban J connectivity index is 1.64. The molecule has 1 aromatic heterocycles. The average molecular weight is 366 g/mol. The minimum absolute atomic E-state index is 0.0161. The van der Waals surface area contributed by atoms with Crippen molar-refractivity contribution >= 4 is 34.2 Å². The molecule has 130 valence electrons. The van der Waals surface area contributed by atoms with Crippen LogP contribution in [0.5, 0.6) is 0 Å². The molecule has 0 unspecified atom stereocenters. The summed E-state index contributed by atoms with van der Waals surface area (Å²) in [6, 6.07) is 6.28. The van der Waals surface area contributed by atoms with Crippen LogP contribution in [0.25, 0.3) is 0 Å². The molecule has 10 heteroatoms. The Kier molecular flexibility index (Phi) is 4.79. The van der Waals surface area contributed by atoms with Gasteiger partial charge >= 0.3 is 0 Å². The van der Waals surface area contributed by atoms with E-state index in [1.807, 2.05) is 0 Å². The summed E-state index contributed by atoms with van der Waals surface area (Å²) < 4.78 is 24.9. The minimum Gasteiger partial charge on any atom is -0.296 e. The second-order valence-corrected chi connectivity index (χ2v) is 6.28. The van der Waals surface area contributed by atoms with Gasteiger partial charge in [0.15, 0.2) is 5.01 Å². The third-order valence-corrected chi connectivity index (χ3v) is 4.41. The number of benzene rings is 1. The third kappa shape index (κ3) is 3.85. The lowest BCUT2D eigenvalue weighted by molar-refractivity contribution is -0.139. The Morgan fingerprint density at radius 1 is 1.16 bits per heavy atom. The third-order valence-electron chi connectivity index (χ3n) is 3.56. The molecule has 0 radical (unpaired) electrons. The van der Waals surface area contributed by atoms with Crippen LogP contribution in [-0.4, -0.2) is 32.8 Å². The molecule has 25 heavy (non-hydrogen) atoms. The van der Waals surface area contributed by atoms with Gasteiger partial charge in [-0.05, 0) is 17.7 Å². The number of nitrogens with one attached hydrogen (secondary N) is 1. The van der Waals surface area contributed by atoms with Crippen LogP contribution >= 0.6 is 11.3 Å². The predicted octanol–water partition coefficient (Wildman–Crippen LogP) is 2.38. The van der Waals surface area contributed by atoms with Crippen LogP contribution in [0.1, 0.15) is 40.2 Å². The van der Waals surface area contributed by atoms with E-state index in [0.29, 0.717) is 16.9 Å². The number of likely N-dealkylation sites (tertiary alicyclic amines) is 1. The van der Waals surface area contributed by atoms with Gasteiger partial charge in [0.25, 0.3) is 12.3 Å². The first kappa shape index (κ1) is 17.1. The van der Waals surface area contributed by atoms with E-state index in [2.05, 4.69) is 15.5 Å². The SMILES string of the molecule is O=C(Nc1nnc(C(F)F)s1)c1ccc(CN2C(=O)CCC2=O)cc1. The zero-order valence-electron chi connectivity index (χ0n) is 12.7. The van der Waals surface area contributed by atoms with Crippen molar-refractivity contribution in [3.8, 4) is 0 Å². The number of halogens is 2. The van der Waals surface area contributed by atoms with Crippen LogP contribution in [0.4, 0.5) is 13.9 Å². The van der Waals surface area contributed by atoms with E-state index < -0.39 is 17.3 Å². The highest BCUT2D eigenvalue weighted by Gasteiger charge is 2.28. The molecule has 0 saturated carbocycles. The Morgan fingerprint density at radius 3 is 2.36 bits per heavy atom. The van der Waals surface area contributed by atoms with Gasteiger partial charge in [0, 0.05) is 18.4 Å². The van der Waals surface area contributed by atoms with Gasteiger partial charge in [-0.15, -0.1) is 10.2 Å². The van der Waals surface area contributed by atoms with E-state index in [1.54, 1.807) is 12.1 Å². The van der Waals surface area contributed by atoms with Crippen molar-refractivity contribution in [2.75, 3.05) is 5.32 Å². The van der Waals surface area contributed by atoms with Crippen molar-refractivity contribution in [2.24, 2.45) is 0 Å². The van der Waals surface area contributed by atoms with E-state index >= 15 is 0 Å². The van der Waals surface area contributed by atoms with Crippen LogP contribution < -0.4 is 5.32 Å². The number of carbonyl (C=O) groups is 3. The number of amides is 3. The Labute approximate surface area is 144 Å². The van der Waals surface area contributed by atoms with Crippen LogP contribution in [0.2, 0.25) is 0 Å². The van der Waals surface area contributed by atoms with Gasteiger partial charge in [-0.25, -0.2) is 8.78 Å². The fourth-order valence-electron chi connectivity index (χ4n) is 2.29. The molecule has 3 amide bonds. The Hall–Kier alpha value is -2.75. The number of anilines is 1. The topological polar surface area (TPSA) is 92.3 Å². The molecule has 0 spiro atoms. The summed E-state index contributed by atoms with van der Waals surface area (Å²) in [5.74, 6) is -0.937. The molecule has 7 nitrogen and oxygen atoms in total. The Morgan fingerprint density at radius 2 is 1.80 bits per heavy atom. The van der Waals surface area contributed by atoms with Gasteiger partial charge in [0.2, 0.25) is 16.9 Å². The summed E-state index contributed by atoms with van der Waals surface area (Å²) >= 11 is 0.603. The molecule has 0 atom stereocenters. The number of alkyl halides is 2. The Bertz CT molecular complexity index is 806. The standard InChI is InChI=1S/C15H12F2N4O3S/c16-12(17)14-19-20-15(25-14)18-13(24)9-3-1-8(2-4-9)7-21-10(22)5-6-11(21)23/h1-4,12H,5-7H2,(H,18,20,24). The van der Waals surface area contributed by atoms with Crippen molar-refractivity contribution in [1.29, 1.82) is 0 Å². The molecule has 1 aromatic carbocycles. The van der Waals surface area contributed by atoms with Crippen LogP contribution in [0.15, 0.2) is 24.3 Å². The lowest BCUT2D eigenvalue weighted by Gasteiger charge is -2.13. The number of hydrogen-bond acceptors (Lipinski definition) is 6. The van der Waals surface area contributed by atoms with Crippen molar-refractivity contribution in [3.63, 3.8) is 0 Å². The largest absolute Gasteiger partial charge is 0.296 e. The molecular weight excluding hydrogens is 354 g/mol. The van der Waals surface area contributed by atoms with Crippen molar-refractivity contribution < 1.29 is 23.2 Å². The zero-order valence-corrected chi connectivity index (χ0v) is 13.6. The number of hydrogen-bond donors (Lipinski definition) is 1. The molecular formula is C15H12F2N4O3S. The maximum absolute atomic E-state index is 12.5. The van der Waals surface area contributed by atoms with E-state index in [-0.39, 0.29) is 41.9 Å².